The molecule has 126 valence electrons. The fraction of sp³-hybridized carbons (Fsp3) is 0.474. The summed E-state index contributed by atoms with van der Waals surface area (Å²) in [4.78, 5) is 8.97. The number of rotatable bonds is 3. The number of aromatic nitrogens is 3. The van der Waals surface area contributed by atoms with Crippen molar-refractivity contribution in [2.45, 2.75) is 18.8 Å². The van der Waals surface area contributed by atoms with Crippen molar-refractivity contribution in [2.75, 3.05) is 36.0 Å². The maximum atomic E-state index is 8.87. The summed E-state index contributed by atoms with van der Waals surface area (Å²) in [5.41, 5.74) is 2.75. The molecule has 1 saturated carbocycles. The van der Waals surface area contributed by atoms with Crippen LogP contribution in [0, 0.1) is 23.2 Å². The van der Waals surface area contributed by atoms with Gasteiger partial charge in [-0.05, 0) is 37.1 Å². The summed E-state index contributed by atoms with van der Waals surface area (Å²) < 4.78 is 0. The van der Waals surface area contributed by atoms with Crippen LogP contribution in [-0.2, 0) is 0 Å². The summed E-state index contributed by atoms with van der Waals surface area (Å²) in [7, 11) is 0. The Morgan fingerprint density at radius 1 is 0.920 bits per heavy atom. The monoisotopic (exact) mass is 332 g/mol. The van der Waals surface area contributed by atoms with Crippen molar-refractivity contribution >= 4 is 11.5 Å². The van der Waals surface area contributed by atoms with E-state index >= 15 is 0 Å². The standard InChI is InChI=1S/C19H20N6/c20-7-16-3-4-17(8-21-16)24-9-14-11-25(12-15(14)10-24)19-6-5-18(22-23-19)13-1-2-13/h3-6,8,13-15H,1-2,9-12H2. The second-order valence-corrected chi connectivity index (χ2v) is 7.43. The fourth-order valence-electron chi connectivity index (χ4n) is 4.13. The molecule has 2 aromatic heterocycles. The molecule has 2 atom stereocenters. The van der Waals surface area contributed by atoms with Crippen molar-refractivity contribution in [3.8, 4) is 6.07 Å². The minimum atomic E-state index is 0.475. The summed E-state index contributed by atoms with van der Waals surface area (Å²) in [6, 6.07) is 10.2. The summed E-state index contributed by atoms with van der Waals surface area (Å²) >= 11 is 0. The Bertz CT molecular complexity index is 791. The van der Waals surface area contributed by atoms with E-state index in [1.807, 2.05) is 12.3 Å². The lowest BCUT2D eigenvalue weighted by atomic mass is 10.0. The largest absolute Gasteiger partial charge is 0.370 e. The van der Waals surface area contributed by atoms with Gasteiger partial charge in [0, 0.05) is 43.9 Å². The lowest BCUT2D eigenvalue weighted by molar-refractivity contribution is 0.533. The number of fused-ring (bicyclic) bond motifs is 1. The van der Waals surface area contributed by atoms with Crippen LogP contribution in [0.5, 0.6) is 0 Å². The van der Waals surface area contributed by atoms with Gasteiger partial charge in [-0.2, -0.15) is 10.4 Å². The third-order valence-electron chi connectivity index (χ3n) is 5.70. The molecule has 6 heteroatoms. The van der Waals surface area contributed by atoms with Crippen LogP contribution in [-0.4, -0.2) is 41.4 Å². The summed E-state index contributed by atoms with van der Waals surface area (Å²) in [5.74, 6) is 2.99. The molecule has 2 saturated heterocycles. The van der Waals surface area contributed by atoms with Crippen molar-refractivity contribution in [3.63, 3.8) is 0 Å². The predicted molar refractivity (Wildman–Crippen MR) is 94.4 cm³/mol. The molecule has 25 heavy (non-hydrogen) atoms. The average molecular weight is 332 g/mol. The topological polar surface area (TPSA) is 68.9 Å². The predicted octanol–water partition coefficient (Wildman–Crippen LogP) is 2.19. The van der Waals surface area contributed by atoms with Gasteiger partial charge < -0.3 is 9.80 Å². The molecule has 0 amide bonds. The van der Waals surface area contributed by atoms with Crippen LogP contribution in [0.15, 0.2) is 30.5 Å². The molecule has 0 spiro atoms. The SMILES string of the molecule is N#Cc1ccc(N2CC3CN(c4ccc(C5CC5)nn4)CC3C2)cn1. The summed E-state index contributed by atoms with van der Waals surface area (Å²) in [6.07, 6.45) is 4.35. The molecule has 3 aliphatic rings. The molecule has 0 aromatic carbocycles. The highest BCUT2D eigenvalue weighted by Crippen LogP contribution is 2.39. The van der Waals surface area contributed by atoms with Gasteiger partial charge in [-0.25, -0.2) is 4.98 Å². The molecular weight excluding hydrogens is 312 g/mol. The second-order valence-electron chi connectivity index (χ2n) is 7.43. The lowest BCUT2D eigenvalue weighted by Crippen LogP contribution is -2.29. The van der Waals surface area contributed by atoms with Gasteiger partial charge in [-0.3, -0.25) is 0 Å². The van der Waals surface area contributed by atoms with E-state index in [9.17, 15) is 0 Å². The maximum Gasteiger partial charge on any atom is 0.151 e. The highest BCUT2D eigenvalue weighted by Gasteiger charge is 2.40. The third kappa shape index (κ3) is 2.70. The Morgan fingerprint density at radius 2 is 1.68 bits per heavy atom. The van der Waals surface area contributed by atoms with E-state index in [1.54, 1.807) is 6.07 Å². The second kappa shape index (κ2) is 5.69. The highest BCUT2D eigenvalue weighted by molar-refractivity contribution is 5.49. The van der Waals surface area contributed by atoms with E-state index in [0.717, 1.165) is 43.4 Å². The minimum Gasteiger partial charge on any atom is -0.370 e. The first kappa shape index (κ1) is 14.6. The average Bonchev–Trinajstić information content (AvgIpc) is 3.32. The van der Waals surface area contributed by atoms with Gasteiger partial charge in [0.1, 0.15) is 11.8 Å². The van der Waals surface area contributed by atoms with E-state index in [0.29, 0.717) is 23.4 Å². The minimum absolute atomic E-state index is 0.475. The molecule has 4 heterocycles. The Kier molecular flexibility index (Phi) is 3.34. The van der Waals surface area contributed by atoms with Crippen LogP contribution in [0.25, 0.3) is 0 Å². The van der Waals surface area contributed by atoms with Gasteiger partial charge in [0.25, 0.3) is 0 Å². The van der Waals surface area contributed by atoms with E-state index in [-0.39, 0.29) is 0 Å². The quantitative estimate of drug-likeness (QED) is 0.858. The number of nitrogens with zero attached hydrogens (tertiary/aromatic N) is 6. The van der Waals surface area contributed by atoms with Gasteiger partial charge in [0.05, 0.1) is 17.6 Å². The van der Waals surface area contributed by atoms with Crippen molar-refractivity contribution in [3.05, 3.63) is 41.9 Å². The normalized spacial score (nSPS) is 25.1. The van der Waals surface area contributed by atoms with Crippen LogP contribution >= 0.6 is 0 Å². The Balaban J connectivity index is 1.24. The van der Waals surface area contributed by atoms with Gasteiger partial charge in [-0.1, -0.05) is 0 Å². The lowest BCUT2D eigenvalue weighted by Gasteiger charge is -2.23. The number of pyridine rings is 1. The van der Waals surface area contributed by atoms with Crippen LogP contribution in [0.2, 0.25) is 0 Å². The van der Waals surface area contributed by atoms with Gasteiger partial charge in [0.15, 0.2) is 5.82 Å². The molecule has 3 fully saturated rings. The van der Waals surface area contributed by atoms with Crippen molar-refractivity contribution in [2.24, 2.45) is 11.8 Å². The smallest absolute Gasteiger partial charge is 0.151 e. The number of hydrogen-bond donors (Lipinski definition) is 0. The highest BCUT2D eigenvalue weighted by atomic mass is 15.3. The first-order valence-corrected chi connectivity index (χ1v) is 9.00. The van der Waals surface area contributed by atoms with E-state index in [2.05, 4.69) is 43.2 Å². The number of nitriles is 1. The summed E-state index contributed by atoms with van der Waals surface area (Å²) in [5, 5.41) is 17.8. The molecule has 1 aliphatic carbocycles. The molecule has 2 aromatic rings. The van der Waals surface area contributed by atoms with E-state index in [4.69, 9.17) is 5.26 Å². The zero-order chi connectivity index (χ0) is 16.8. The molecular formula is C19H20N6. The van der Waals surface area contributed by atoms with Crippen molar-refractivity contribution in [1.82, 2.24) is 15.2 Å². The van der Waals surface area contributed by atoms with Crippen LogP contribution in [0.3, 0.4) is 0 Å². The maximum absolute atomic E-state index is 8.87. The number of hydrogen-bond acceptors (Lipinski definition) is 6. The van der Waals surface area contributed by atoms with Crippen LogP contribution in [0.4, 0.5) is 11.5 Å². The van der Waals surface area contributed by atoms with Crippen molar-refractivity contribution < 1.29 is 0 Å². The summed E-state index contributed by atoms with van der Waals surface area (Å²) in [6.45, 7) is 4.18. The first-order valence-electron chi connectivity index (χ1n) is 9.00. The van der Waals surface area contributed by atoms with Crippen LogP contribution < -0.4 is 9.80 Å². The Labute approximate surface area is 147 Å². The van der Waals surface area contributed by atoms with E-state index < -0.39 is 0 Å². The van der Waals surface area contributed by atoms with Crippen molar-refractivity contribution in [1.29, 1.82) is 5.26 Å². The molecule has 5 rings (SSSR count). The molecule has 0 bridgehead atoms. The third-order valence-corrected chi connectivity index (χ3v) is 5.70. The Morgan fingerprint density at radius 3 is 2.24 bits per heavy atom. The first-order chi connectivity index (χ1) is 12.3. The zero-order valence-electron chi connectivity index (χ0n) is 14.0. The van der Waals surface area contributed by atoms with Gasteiger partial charge in [-0.15, -0.1) is 5.10 Å². The fourth-order valence-corrected chi connectivity index (χ4v) is 4.13. The molecule has 2 unspecified atom stereocenters. The molecule has 0 radical (unpaired) electrons. The molecule has 6 nitrogen and oxygen atoms in total. The van der Waals surface area contributed by atoms with Crippen LogP contribution in [0.1, 0.15) is 30.1 Å². The number of anilines is 2. The van der Waals surface area contributed by atoms with Gasteiger partial charge >= 0.3 is 0 Å². The van der Waals surface area contributed by atoms with Gasteiger partial charge in [0.2, 0.25) is 0 Å². The molecule has 2 aliphatic heterocycles. The van der Waals surface area contributed by atoms with E-state index in [1.165, 1.54) is 12.8 Å². The Hall–Kier alpha value is -2.68. The molecule has 0 N–H and O–H groups in total. The zero-order valence-corrected chi connectivity index (χ0v) is 14.0.